The molecule has 1 aromatic carbocycles. The normalized spacial score (nSPS) is 12.8. The molecule has 3 nitrogen and oxygen atoms in total. The van der Waals surface area contributed by atoms with Crippen molar-refractivity contribution in [2.45, 2.75) is 6.10 Å². The smallest absolute Gasteiger partial charge is 0.131 e. The van der Waals surface area contributed by atoms with E-state index in [1.165, 1.54) is 11.3 Å². The summed E-state index contributed by atoms with van der Waals surface area (Å²) in [5.41, 5.74) is 0.875. The van der Waals surface area contributed by atoms with Crippen LogP contribution in [0.3, 0.4) is 0 Å². The molecule has 0 bridgehead atoms. The fourth-order valence-corrected chi connectivity index (χ4v) is 2.53. The summed E-state index contributed by atoms with van der Waals surface area (Å²) < 4.78 is 0. The van der Waals surface area contributed by atoms with Gasteiger partial charge in [0, 0.05) is 29.4 Å². The van der Waals surface area contributed by atoms with Crippen molar-refractivity contribution in [2.75, 3.05) is 0 Å². The molecule has 2 heterocycles. The van der Waals surface area contributed by atoms with Crippen LogP contribution in [0.1, 0.15) is 16.7 Å². The van der Waals surface area contributed by atoms with Gasteiger partial charge in [-0.25, -0.2) is 4.98 Å². The van der Waals surface area contributed by atoms with Gasteiger partial charge in [0.15, 0.2) is 0 Å². The van der Waals surface area contributed by atoms with Crippen molar-refractivity contribution in [3.8, 4) is 0 Å². The molecular weight excluding hydrogens is 232 g/mol. The highest BCUT2D eigenvalue weighted by Crippen LogP contribution is 2.29. The minimum atomic E-state index is -0.666. The summed E-state index contributed by atoms with van der Waals surface area (Å²) in [5, 5.41) is 14.9. The van der Waals surface area contributed by atoms with Crippen LogP contribution >= 0.6 is 11.3 Å². The van der Waals surface area contributed by atoms with Crippen LogP contribution in [0.5, 0.6) is 0 Å². The number of aliphatic hydroxyl groups excluding tert-OH is 1. The number of rotatable bonds is 2. The van der Waals surface area contributed by atoms with E-state index in [-0.39, 0.29) is 0 Å². The number of hydrogen-bond acceptors (Lipinski definition) is 4. The Kier molecular flexibility index (Phi) is 2.59. The second-order valence-corrected chi connectivity index (χ2v) is 4.64. The summed E-state index contributed by atoms with van der Waals surface area (Å²) in [5.74, 6) is 0. The van der Waals surface area contributed by atoms with Gasteiger partial charge in [-0.05, 0) is 17.0 Å². The lowest BCUT2D eigenvalue weighted by molar-refractivity contribution is 0.221. The maximum absolute atomic E-state index is 10.3. The zero-order chi connectivity index (χ0) is 11.7. The molecule has 1 unspecified atom stereocenters. The molecule has 0 fully saturated rings. The van der Waals surface area contributed by atoms with Crippen LogP contribution in [0.4, 0.5) is 0 Å². The van der Waals surface area contributed by atoms with Crippen LogP contribution in [-0.4, -0.2) is 15.1 Å². The molecule has 3 aromatic rings. The third-order valence-electron chi connectivity index (χ3n) is 2.69. The standard InChI is InChI=1S/C13H10N2OS/c16-12(13-15-6-7-17-13)11-3-1-2-9-8-14-5-4-10(9)11/h1-8,12,16H. The van der Waals surface area contributed by atoms with Crippen molar-refractivity contribution in [2.24, 2.45) is 0 Å². The van der Waals surface area contributed by atoms with Gasteiger partial charge < -0.3 is 5.11 Å². The molecule has 0 saturated heterocycles. The first-order valence-corrected chi connectivity index (χ1v) is 6.14. The topological polar surface area (TPSA) is 46.0 Å². The molecule has 0 amide bonds. The summed E-state index contributed by atoms with van der Waals surface area (Å²) in [6, 6.07) is 7.76. The molecule has 0 spiro atoms. The van der Waals surface area contributed by atoms with Gasteiger partial charge in [-0.15, -0.1) is 11.3 Å². The Morgan fingerprint density at radius 3 is 2.94 bits per heavy atom. The monoisotopic (exact) mass is 242 g/mol. The van der Waals surface area contributed by atoms with Crippen molar-refractivity contribution >= 4 is 22.1 Å². The Morgan fingerprint density at radius 1 is 1.18 bits per heavy atom. The molecule has 0 saturated carbocycles. The Labute approximate surface area is 102 Å². The molecule has 1 N–H and O–H groups in total. The van der Waals surface area contributed by atoms with Gasteiger partial charge >= 0.3 is 0 Å². The van der Waals surface area contributed by atoms with E-state index in [1.54, 1.807) is 18.6 Å². The second-order valence-electron chi connectivity index (χ2n) is 3.72. The van der Waals surface area contributed by atoms with Crippen molar-refractivity contribution < 1.29 is 5.11 Å². The molecule has 0 aliphatic rings. The first-order chi connectivity index (χ1) is 8.36. The third kappa shape index (κ3) is 1.81. The molecule has 4 heteroatoms. The van der Waals surface area contributed by atoms with Gasteiger partial charge in [0.25, 0.3) is 0 Å². The molecule has 3 rings (SSSR count). The van der Waals surface area contributed by atoms with Gasteiger partial charge in [0.2, 0.25) is 0 Å². The molecule has 2 aromatic heterocycles. The fraction of sp³-hybridized carbons (Fsp3) is 0.0769. The maximum Gasteiger partial charge on any atom is 0.131 e. The second kappa shape index (κ2) is 4.24. The SMILES string of the molecule is OC(c1nccs1)c1cccc2cnccc12. The van der Waals surface area contributed by atoms with Gasteiger partial charge in [-0.2, -0.15) is 0 Å². The number of fused-ring (bicyclic) bond motifs is 1. The summed E-state index contributed by atoms with van der Waals surface area (Å²) in [4.78, 5) is 8.23. The highest BCUT2D eigenvalue weighted by atomic mass is 32.1. The average Bonchev–Trinajstić information content (AvgIpc) is 2.91. The van der Waals surface area contributed by atoms with E-state index in [1.807, 2.05) is 29.6 Å². The maximum atomic E-state index is 10.3. The predicted molar refractivity (Wildman–Crippen MR) is 67.9 cm³/mol. The number of aliphatic hydroxyl groups is 1. The van der Waals surface area contributed by atoms with Crippen molar-refractivity contribution in [1.82, 2.24) is 9.97 Å². The first kappa shape index (κ1) is 10.4. The van der Waals surface area contributed by atoms with E-state index in [4.69, 9.17) is 0 Å². The van der Waals surface area contributed by atoms with Crippen LogP contribution in [0, 0.1) is 0 Å². The Morgan fingerprint density at radius 2 is 2.12 bits per heavy atom. The van der Waals surface area contributed by atoms with Crippen LogP contribution in [0.15, 0.2) is 48.2 Å². The van der Waals surface area contributed by atoms with E-state index in [0.29, 0.717) is 5.01 Å². The Balaban J connectivity index is 2.17. The quantitative estimate of drug-likeness (QED) is 0.751. The predicted octanol–water partition coefficient (Wildman–Crippen LogP) is 2.77. The van der Waals surface area contributed by atoms with Crippen LogP contribution in [-0.2, 0) is 0 Å². The van der Waals surface area contributed by atoms with Gasteiger partial charge in [0.1, 0.15) is 11.1 Å². The first-order valence-electron chi connectivity index (χ1n) is 5.26. The molecule has 84 valence electrons. The zero-order valence-electron chi connectivity index (χ0n) is 8.95. The lowest BCUT2D eigenvalue weighted by atomic mass is 10.0. The minimum Gasteiger partial charge on any atom is -0.381 e. The number of pyridine rings is 1. The van der Waals surface area contributed by atoms with Crippen LogP contribution in [0.2, 0.25) is 0 Å². The van der Waals surface area contributed by atoms with E-state index >= 15 is 0 Å². The third-order valence-corrected chi connectivity index (χ3v) is 3.52. The van der Waals surface area contributed by atoms with Crippen LogP contribution < -0.4 is 0 Å². The van der Waals surface area contributed by atoms with E-state index in [0.717, 1.165) is 16.3 Å². The van der Waals surface area contributed by atoms with E-state index in [9.17, 15) is 5.11 Å². The highest BCUT2D eigenvalue weighted by Gasteiger charge is 2.15. The molecule has 17 heavy (non-hydrogen) atoms. The molecular formula is C13H10N2OS. The van der Waals surface area contributed by atoms with Gasteiger partial charge in [-0.3, -0.25) is 4.98 Å². The molecule has 0 radical (unpaired) electrons. The number of aromatic nitrogens is 2. The van der Waals surface area contributed by atoms with Crippen molar-refractivity contribution in [1.29, 1.82) is 0 Å². The highest BCUT2D eigenvalue weighted by molar-refractivity contribution is 7.09. The fourth-order valence-electron chi connectivity index (χ4n) is 1.89. The van der Waals surface area contributed by atoms with Crippen LogP contribution in [0.25, 0.3) is 10.8 Å². The van der Waals surface area contributed by atoms with Crippen molar-refractivity contribution in [3.05, 3.63) is 58.8 Å². The minimum absolute atomic E-state index is 0.666. The number of nitrogens with zero attached hydrogens (tertiary/aromatic N) is 2. The molecule has 1 atom stereocenters. The Hall–Kier alpha value is -1.78. The van der Waals surface area contributed by atoms with E-state index in [2.05, 4.69) is 9.97 Å². The largest absolute Gasteiger partial charge is 0.381 e. The summed E-state index contributed by atoms with van der Waals surface area (Å²) in [6.07, 6.45) is 4.57. The zero-order valence-corrected chi connectivity index (χ0v) is 9.76. The molecule has 0 aliphatic heterocycles. The average molecular weight is 242 g/mol. The van der Waals surface area contributed by atoms with E-state index < -0.39 is 6.10 Å². The number of thiazole rings is 1. The number of benzene rings is 1. The van der Waals surface area contributed by atoms with Crippen molar-refractivity contribution in [3.63, 3.8) is 0 Å². The molecule has 0 aliphatic carbocycles. The van der Waals surface area contributed by atoms with Gasteiger partial charge in [-0.1, -0.05) is 18.2 Å². The lowest BCUT2D eigenvalue weighted by Gasteiger charge is -2.10. The van der Waals surface area contributed by atoms with Gasteiger partial charge in [0.05, 0.1) is 0 Å². The Bertz CT molecular complexity index is 631. The summed E-state index contributed by atoms with van der Waals surface area (Å²) >= 11 is 1.46. The number of hydrogen-bond donors (Lipinski definition) is 1. The summed E-state index contributed by atoms with van der Waals surface area (Å²) in [6.45, 7) is 0. The lowest BCUT2D eigenvalue weighted by Crippen LogP contribution is -1.99. The summed E-state index contributed by atoms with van der Waals surface area (Å²) in [7, 11) is 0.